The molecule has 3 rings (SSSR count). The molecular formula is C18H20F3N3O4S. The van der Waals surface area contributed by atoms with E-state index in [1.54, 1.807) is 16.8 Å². The van der Waals surface area contributed by atoms with E-state index >= 15 is 0 Å². The summed E-state index contributed by atoms with van der Waals surface area (Å²) in [4.78, 5) is 13.7. The number of rotatable bonds is 4. The van der Waals surface area contributed by atoms with E-state index in [1.807, 2.05) is 0 Å². The van der Waals surface area contributed by atoms with E-state index in [1.165, 1.54) is 23.2 Å². The normalized spacial score (nSPS) is 17.0. The molecule has 1 unspecified atom stereocenters. The van der Waals surface area contributed by atoms with Gasteiger partial charge in [-0.1, -0.05) is 0 Å². The molecule has 2 heterocycles. The molecule has 1 amide bonds. The van der Waals surface area contributed by atoms with Gasteiger partial charge in [0.2, 0.25) is 5.91 Å². The predicted octanol–water partition coefficient (Wildman–Crippen LogP) is 1.86. The van der Waals surface area contributed by atoms with E-state index in [0.717, 1.165) is 11.9 Å². The Morgan fingerprint density at radius 2 is 1.86 bits per heavy atom. The van der Waals surface area contributed by atoms with Crippen LogP contribution in [0.25, 0.3) is 5.69 Å². The molecule has 1 aliphatic rings. The first-order valence-electron chi connectivity index (χ1n) is 8.73. The van der Waals surface area contributed by atoms with Crippen LogP contribution in [0.1, 0.15) is 24.6 Å². The summed E-state index contributed by atoms with van der Waals surface area (Å²) in [5.41, 5.74) is -0.971. The highest BCUT2D eigenvalue weighted by Crippen LogP contribution is 2.33. The maximum atomic E-state index is 12.8. The Labute approximate surface area is 165 Å². The lowest BCUT2D eigenvalue weighted by Crippen LogP contribution is -2.47. The molecule has 0 fully saturated rings. The van der Waals surface area contributed by atoms with Gasteiger partial charge in [-0.2, -0.15) is 18.3 Å². The number of halogens is 3. The molecule has 2 aromatic rings. The molecule has 11 heteroatoms. The standard InChI is InChI=1S/C18H20F3N3O4S/c1-17(26,18(19,20)21)9-16(25)23-8-7-15-12(11-23)10-22-24(15)13-3-5-14(6-4-13)29(2,27)28/h3-6,10,26H,7-9,11H2,1-2H3. The van der Waals surface area contributed by atoms with Gasteiger partial charge in [0.25, 0.3) is 0 Å². The van der Waals surface area contributed by atoms with Gasteiger partial charge in [-0.05, 0) is 31.2 Å². The number of carbonyl (C=O) groups excluding carboxylic acids is 1. The zero-order valence-electron chi connectivity index (χ0n) is 15.8. The number of alkyl halides is 3. The molecule has 0 saturated heterocycles. The molecule has 1 aromatic carbocycles. The monoisotopic (exact) mass is 431 g/mol. The van der Waals surface area contributed by atoms with E-state index in [0.29, 0.717) is 24.6 Å². The van der Waals surface area contributed by atoms with E-state index in [4.69, 9.17) is 0 Å². The van der Waals surface area contributed by atoms with E-state index in [9.17, 15) is 31.5 Å². The second-order valence-electron chi connectivity index (χ2n) is 7.31. The zero-order valence-corrected chi connectivity index (χ0v) is 16.6. The largest absolute Gasteiger partial charge is 0.417 e. The number of hydrogen-bond donors (Lipinski definition) is 1. The number of carbonyl (C=O) groups is 1. The molecule has 0 aliphatic carbocycles. The SMILES string of the molecule is CC(O)(CC(=O)N1CCc2c(cnn2-c2ccc(S(C)(=O)=O)cc2)C1)C(F)(F)F. The third-order valence-corrected chi connectivity index (χ3v) is 6.03. The molecule has 0 radical (unpaired) electrons. The first kappa shape index (κ1) is 21.3. The molecule has 1 aliphatic heterocycles. The van der Waals surface area contributed by atoms with Crippen molar-refractivity contribution in [2.45, 2.75) is 43.0 Å². The summed E-state index contributed by atoms with van der Waals surface area (Å²) in [6, 6.07) is 6.16. The van der Waals surface area contributed by atoms with Crippen molar-refractivity contribution in [3.8, 4) is 5.69 Å². The number of nitrogens with zero attached hydrogens (tertiary/aromatic N) is 3. The summed E-state index contributed by atoms with van der Waals surface area (Å²) in [6.45, 7) is 0.856. The van der Waals surface area contributed by atoms with Crippen molar-refractivity contribution < 1.29 is 31.5 Å². The first-order valence-corrected chi connectivity index (χ1v) is 10.6. The van der Waals surface area contributed by atoms with E-state index < -0.39 is 33.9 Å². The number of aliphatic hydroxyl groups is 1. The van der Waals surface area contributed by atoms with Gasteiger partial charge < -0.3 is 10.0 Å². The Morgan fingerprint density at radius 3 is 2.41 bits per heavy atom. The summed E-state index contributed by atoms with van der Waals surface area (Å²) < 4.78 is 63.2. The molecule has 29 heavy (non-hydrogen) atoms. The van der Waals surface area contributed by atoms with Crippen LogP contribution in [-0.4, -0.2) is 58.7 Å². The Hall–Kier alpha value is -2.40. The summed E-state index contributed by atoms with van der Waals surface area (Å²) >= 11 is 0. The fourth-order valence-corrected chi connectivity index (χ4v) is 3.74. The molecule has 0 spiro atoms. The van der Waals surface area contributed by atoms with Gasteiger partial charge in [0, 0.05) is 31.3 Å². The van der Waals surface area contributed by atoms with Crippen molar-refractivity contribution in [1.29, 1.82) is 0 Å². The number of hydrogen-bond acceptors (Lipinski definition) is 5. The van der Waals surface area contributed by atoms with Crippen LogP contribution in [0, 0.1) is 0 Å². The lowest BCUT2D eigenvalue weighted by molar-refractivity contribution is -0.254. The van der Waals surface area contributed by atoms with Crippen molar-refractivity contribution >= 4 is 15.7 Å². The average molecular weight is 431 g/mol. The van der Waals surface area contributed by atoms with Crippen LogP contribution in [0.2, 0.25) is 0 Å². The molecule has 1 aromatic heterocycles. The van der Waals surface area contributed by atoms with Gasteiger partial charge in [0.05, 0.1) is 28.9 Å². The predicted molar refractivity (Wildman–Crippen MR) is 97.1 cm³/mol. The third kappa shape index (κ3) is 4.30. The van der Waals surface area contributed by atoms with Crippen LogP contribution < -0.4 is 0 Å². The first-order chi connectivity index (χ1) is 13.3. The minimum atomic E-state index is -4.90. The molecule has 7 nitrogen and oxygen atoms in total. The quantitative estimate of drug-likeness (QED) is 0.798. The Balaban J connectivity index is 1.77. The zero-order chi connectivity index (χ0) is 21.6. The summed E-state index contributed by atoms with van der Waals surface area (Å²) in [5.74, 6) is -0.789. The highest BCUT2D eigenvalue weighted by atomic mass is 32.2. The van der Waals surface area contributed by atoms with E-state index in [2.05, 4.69) is 5.10 Å². The number of amides is 1. The van der Waals surface area contributed by atoms with Gasteiger partial charge >= 0.3 is 6.18 Å². The third-order valence-electron chi connectivity index (χ3n) is 4.90. The van der Waals surface area contributed by atoms with Crippen LogP contribution in [0.4, 0.5) is 13.2 Å². The topological polar surface area (TPSA) is 92.5 Å². The highest BCUT2D eigenvalue weighted by Gasteiger charge is 2.51. The second-order valence-corrected chi connectivity index (χ2v) is 9.32. The van der Waals surface area contributed by atoms with Crippen LogP contribution in [0.15, 0.2) is 35.4 Å². The van der Waals surface area contributed by atoms with Crippen LogP contribution >= 0.6 is 0 Å². The van der Waals surface area contributed by atoms with Crippen LogP contribution in [-0.2, 0) is 27.6 Å². The minimum Gasteiger partial charge on any atom is -0.380 e. The number of sulfone groups is 1. The summed E-state index contributed by atoms with van der Waals surface area (Å²) in [5, 5.41) is 13.8. The molecular weight excluding hydrogens is 411 g/mol. The molecule has 1 atom stereocenters. The van der Waals surface area contributed by atoms with Gasteiger partial charge in [0.15, 0.2) is 15.4 Å². The molecule has 0 bridgehead atoms. The average Bonchev–Trinajstić information content (AvgIpc) is 3.03. The van der Waals surface area contributed by atoms with Crippen LogP contribution in [0.5, 0.6) is 0 Å². The van der Waals surface area contributed by atoms with Crippen molar-refractivity contribution in [3.05, 3.63) is 41.7 Å². The highest BCUT2D eigenvalue weighted by molar-refractivity contribution is 7.90. The lowest BCUT2D eigenvalue weighted by atomic mass is 9.99. The lowest BCUT2D eigenvalue weighted by Gasteiger charge is -2.31. The smallest absolute Gasteiger partial charge is 0.380 e. The minimum absolute atomic E-state index is 0.0868. The van der Waals surface area contributed by atoms with Gasteiger partial charge in [-0.25, -0.2) is 13.1 Å². The van der Waals surface area contributed by atoms with Crippen LogP contribution in [0.3, 0.4) is 0 Å². The Bertz CT molecular complexity index is 1030. The van der Waals surface area contributed by atoms with E-state index in [-0.39, 0.29) is 18.0 Å². The number of fused-ring (bicyclic) bond motifs is 1. The number of benzene rings is 1. The molecule has 0 saturated carbocycles. The fourth-order valence-electron chi connectivity index (χ4n) is 3.11. The van der Waals surface area contributed by atoms with Crippen molar-refractivity contribution in [3.63, 3.8) is 0 Å². The van der Waals surface area contributed by atoms with Crippen molar-refractivity contribution in [1.82, 2.24) is 14.7 Å². The second kappa shape index (κ2) is 7.13. The van der Waals surface area contributed by atoms with Gasteiger partial charge in [0.1, 0.15) is 0 Å². The fraction of sp³-hybridized carbons (Fsp3) is 0.444. The van der Waals surface area contributed by atoms with Gasteiger partial charge in [-0.15, -0.1) is 0 Å². The molecule has 158 valence electrons. The van der Waals surface area contributed by atoms with Crippen molar-refractivity contribution in [2.75, 3.05) is 12.8 Å². The Kier molecular flexibility index (Phi) is 5.24. The molecule has 1 N–H and O–H groups in total. The van der Waals surface area contributed by atoms with Crippen molar-refractivity contribution in [2.24, 2.45) is 0 Å². The number of aromatic nitrogens is 2. The van der Waals surface area contributed by atoms with Gasteiger partial charge in [-0.3, -0.25) is 4.79 Å². The summed E-state index contributed by atoms with van der Waals surface area (Å²) in [6.07, 6.45) is -2.94. The maximum absolute atomic E-state index is 12.8. The summed E-state index contributed by atoms with van der Waals surface area (Å²) in [7, 11) is -3.32. The Morgan fingerprint density at radius 1 is 1.24 bits per heavy atom. The maximum Gasteiger partial charge on any atom is 0.417 e.